The number of methoxy groups -OCH3 is 1. The number of amides is 1. The maximum atomic E-state index is 12.9. The van der Waals surface area contributed by atoms with E-state index in [0.717, 1.165) is 54.7 Å². The Hall–Kier alpha value is -2.83. The van der Waals surface area contributed by atoms with Gasteiger partial charge in [-0.05, 0) is 53.8 Å². The van der Waals surface area contributed by atoms with Gasteiger partial charge in [0.25, 0.3) is 5.91 Å². The molecule has 4 rings (SSSR count). The second-order valence-electron chi connectivity index (χ2n) is 7.84. The first-order valence-electron chi connectivity index (χ1n) is 10.5. The van der Waals surface area contributed by atoms with Crippen LogP contribution in [0.4, 0.5) is 0 Å². The van der Waals surface area contributed by atoms with Gasteiger partial charge in [-0.3, -0.25) is 9.69 Å². The Morgan fingerprint density at radius 3 is 2.45 bits per heavy atom. The summed E-state index contributed by atoms with van der Waals surface area (Å²) in [5, 5.41) is 2.02. The number of rotatable bonds is 7. The van der Waals surface area contributed by atoms with E-state index in [0.29, 0.717) is 6.61 Å². The number of carbonyl (C=O) groups excluding carboxylic acids is 1. The van der Waals surface area contributed by atoms with Gasteiger partial charge in [-0.15, -0.1) is 11.3 Å². The maximum absolute atomic E-state index is 12.9. The van der Waals surface area contributed by atoms with Gasteiger partial charge in [0.2, 0.25) is 0 Å². The van der Waals surface area contributed by atoms with Crippen molar-refractivity contribution in [3.8, 4) is 11.5 Å². The lowest BCUT2D eigenvalue weighted by Crippen LogP contribution is -2.48. The summed E-state index contributed by atoms with van der Waals surface area (Å²) >= 11 is 1.50. The van der Waals surface area contributed by atoms with E-state index in [1.807, 2.05) is 59.7 Å². The molecule has 0 bridgehead atoms. The maximum Gasteiger partial charge on any atom is 0.264 e. The summed E-state index contributed by atoms with van der Waals surface area (Å²) in [5.41, 5.74) is 3.47. The van der Waals surface area contributed by atoms with Crippen molar-refractivity contribution < 1.29 is 14.3 Å². The Morgan fingerprint density at radius 1 is 0.968 bits per heavy atom. The molecule has 0 radical (unpaired) electrons. The van der Waals surface area contributed by atoms with Crippen LogP contribution in [0.5, 0.6) is 11.5 Å². The quantitative estimate of drug-likeness (QED) is 0.543. The summed E-state index contributed by atoms with van der Waals surface area (Å²) in [4.78, 5) is 18.1. The fraction of sp³-hybridized carbons (Fsp3) is 0.320. The van der Waals surface area contributed by atoms with Crippen molar-refractivity contribution in [3.63, 3.8) is 0 Å². The standard InChI is InChI=1S/C25H28N2O3S/c1-19-4-3-5-23(14-19)30-17-21-15-24(31-18-21)25(28)27-12-10-26(11-13-27)16-20-6-8-22(29-2)9-7-20/h3-9,14-15,18H,10-13,16-17H2,1-2H3. The highest BCUT2D eigenvalue weighted by Gasteiger charge is 2.23. The van der Waals surface area contributed by atoms with Crippen molar-refractivity contribution in [1.29, 1.82) is 0 Å². The van der Waals surface area contributed by atoms with Gasteiger partial charge in [0.1, 0.15) is 18.1 Å². The first-order chi connectivity index (χ1) is 15.1. The molecule has 2 aromatic carbocycles. The molecule has 0 N–H and O–H groups in total. The Labute approximate surface area is 187 Å². The second-order valence-corrected chi connectivity index (χ2v) is 8.75. The van der Waals surface area contributed by atoms with E-state index in [1.54, 1.807) is 7.11 Å². The average Bonchev–Trinajstić information content (AvgIpc) is 3.27. The van der Waals surface area contributed by atoms with Crippen LogP contribution in [-0.4, -0.2) is 49.0 Å². The Bertz CT molecular complexity index is 1010. The molecule has 1 fully saturated rings. The smallest absolute Gasteiger partial charge is 0.264 e. The van der Waals surface area contributed by atoms with Gasteiger partial charge >= 0.3 is 0 Å². The topological polar surface area (TPSA) is 42.0 Å². The monoisotopic (exact) mass is 436 g/mol. The van der Waals surface area contributed by atoms with Crippen LogP contribution < -0.4 is 9.47 Å². The summed E-state index contributed by atoms with van der Waals surface area (Å²) in [6, 6.07) is 18.2. The van der Waals surface area contributed by atoms with Crippen LogP contribution in [0, 0.1) is 6.92 Å². The average molecular weight is 437 g/mol. The molecule has 3 aromatic rings. The molecule has 1 amide bonds. The Kier molecular flexibility index (Phi) is 6.89. The van der Waals surface area contributed by atoms with Crippen molar-refractivity contribution in [2.45, 2.75) is 20.1 Å². The molecule has 0 aliphatic carbocycles. The SMILES string of the molecule is COc1ccc(CN2CCN(C(=O)c3cc(COc4cccc(C)c4)cs3)CC2)cc1. The first kappa shape index (κ1) is 21.4. The van der Waals surface area contributed by atoms with E-state index in [2.05, 4.69) is 17.0 Å². The van der Waals surface area contributed by atoms with Gasteiger partial charge < -0.3 is 14.4 Å². The van der Waals surface area contributed by atoms with Crippen LogP contribution in [0.25, 0.3) is 0 Å². The van der Waals surface area contributed by atoms with E-state index in [9.17, 15) is 4.79 Å². The van der Waals surface area contributed by atoms with Crippen LogP contribution in [0.15, 0.2) is 60.0 Å². The molecular weight excluding hydrogens is 408 g/mol. The Morgan fingerprint density at radius 2 is 1.74 bits per heavy atom. The van der Waals surface area contributed by atoms with E-state index < -0.39 is 0 Å². The van der Waals surface area contributed by atoms with Crippen molar-refractivity contribution in [2.24, 2.45) is 0 Å². The number of nitrogens with zero attached hydrogens (tertiary/aromatic N) is 2. The van der Waals surface area contributed by atoms with E-state index in [-0.39, 0.29) is 5.91 Å². The molecule has 31 heavy (non-hydrogen) atoms. The fourth-order valence-electron chi connectivity index (χ4n) is 3.69. The second kappa shape index (κ2) is 9.98. The fourth-order valence-corrected chi connectivity index (χ4v) is 4.55. The van der Waals surface area contributed by atoms with E-state index >= 15 is 0 Å². The molecule has 162 valence electrons. The summed E-state index contributed by atoms with van der Waals surface area (Å²) in [5.74, 6) is 1.85. The van der Waals surface area contributed by atoms with Gasteiger partial charge in [0.05, 0.1) is 12.0 Å². The predicted octanol–water partition coefficient (Wildman–Crippen LogP) is 4.60. The van der Waals surface area contributed by atoms with Crippen LogP contribution in [-0.2, 0) is 13.2 Å². The highest BCUT2D eigenvalue weighted by molar-refractivity contribution is 7.12. The molecule has 0 atom stereocenters. The number of ether oxygens (including phenoxy) is 2. The van der Waals surface area contributed by atoms with Crippen LogP contribution in [0.3, 0.4) is 0 Å². The predicted molar refractivity (Wildman–Crippen MR) is 124 cm³/mol. The number of carbonyl (C=O) groups is 1. The number of aryl methyl sites for hydroxylation is 1. The number of piperazine rings is 1. The van der Waals surface area contributed by atoms with Gasteiger partial charge in [0.15, 0.2) is 0 Å². The Balaban J connectivity index is 1.26. The molecule has 1 aliphatic rings. The van der Waals surface area contributed by atoms with Gasteiger partial charge in [0, 0.05) is 38.3 Å². The number of hydrogen-bond acceptors (Lipinski definition) is 5. The molecular formula is C25H28N2O3S. The minimum absolute atomic E-state index is 0.121. The molecule has 1 aromatic heterocycles. The zero-order valence-electron chi connectivity index (χ0n) is 18.0. The molecule has 0 unspecified atom stereocenters. The number of benzene rings is 2. The number of thiophene rings is 1. The third-order valence-corrected chi connectivity index (χ3v) is 6.45. The highest BCUT2D eigenvalue weighted by Crippen LogP contribution is 2.21. The lowest BCUT2D eigenvalue weighted by Gasteiger charge is -2.34. The molecule has 2 heterocycles. The van der Waals surface area contributed by atoms with Crippen molar-refractivity contribution in [1.82, 2.24) is 9.80 Å². The van der Waals surface area contributed by atoms with Crippen molar-refractivity contribution in [2.75, 3.05) is 33.3 Å². The highest BCUT2D eigenvalue weighted by atomic mass is 32.1. The minimum atomic E-state index is 0.121. The zero-order chi connectivity index (χ0) is 21.6. The zero-order valence-corrected chi connectivity index (χ0v) is 18.9. The molecule has 0 spiro atoms. The van der Waals surface area contributed by atoms with E-state index in [4.69, 9.17) is 9.47 Å². The third-order valence-electron chi connectivity index (χ3n) is 5.48. The van der Waals surface area contributed by atoms with Crippen molar-refractivity contribution in [3.05, 3.63) is 81.5 Å². The van der Waals surface area contributed by atoms with Gasteiger partial charge in [-0.25, -0.2) is 0 Å². The van der Waals surface area contributed by atoms with Crippen LogP contribution in [0.2, 0.25) is 0 Å². The lowest BCUT2D eigenvalue weighted by atomic mass is 10.2. The lowest BCUT2D eigenvalue weighted by molar-refractivity contribution is 0.0633. The summed E-state index contributed by atoms with van der Waals surface area (Å²) in [6.45, 7) is 6.68. The van der Waals surface area contributed by atoms with Crippen LogP contribution >= 0.6 is 11.3 Å². The first-order valence-corrected chi connectivity index (χ1v) is 11.4. The van der Waals surface area contributed by atoms with Gasteiger partial charge in [-0.2, -0.15) is 0 Å². The number of hydrogen-bond donors (Lipinski definition) is 0. The molecule has 0 saturated carbocycles. The van der Waals surface area contributed by atoms with Crippen molar-refractivity contribution >= 4 is 17.2 Å². The minimum Gasteiger partial charge on any atom is -0.497 e. The normalized spacial score (nSPS) is 14.5. The summed E-state index contributed by atoms with van der Waals surface area (Å²) in [6.07, 6.45) is 0. The van der Waals surface area contributed by atoms with Gasteiger partial charge in [-0.1, -0.05) is 24.3 Å². The summed E-state index contributed by atoms with van der Waals surface area (Å²) in [7, 11) is 1.68. The molecule has 5 nitrogen and oxygen atoms in total. The largest absolute Gasteiger partial charge is 0.497 e. The van der Waals surface area contributed by atoms with E-state index in [1.165, 1.54) is 22.5 Å². The molecule has 6 heteroatoms. The van der Waals surface area contributed by atoms with Crippen LogP contribution in [0.1, 0.15) is 26.4 Å². The summed E-state index contributed by atoms with van der Waals surface area (Å²) < 4.78 is 11.1. The third kappa shape index (κ3) is 5.66. The molecule has 1 aliphatic heterocycles. The molecule has 1 saturated heterocycles.